The summed E-state index contributed by atoms with van der Waals surface area (Å²) >= 11 is 5.96. The number of halogens is 1. The van der Waals surface area contributed by atoms with Gasteiger partial charge in [0.1, 0.15) is 5.60 Å². The van der Waals surface area contributed by atoms with Crippen molar-refractivity contribution in [3.8, 4) is 0 Å². The highest BCUT2D eigenvalue weighted by Gasteiger charge is 2.34. The van der Waals surface area contributed by atoms with E-state index in [1.807, 2.05) is 0 Å². The zero-order valence-electron chi connectivity index (χ0n) is 12.2. The van der Waals surface area contributed by atoms with Crippen LogP contribution in [-0.4, -0.2) is 34.2 Å². The number of aliphatic carboxylic acids is 1. The number of fused-ring (bicyclic) bond motifs is 1. The molecular formula is C15H18ClNO4. The van der Waals surface area contributed by atoms with E-state index >= 15 is 0 Å². The molecule has 0 fully saturated rings. The molecule has 0 aromatic heterocycles. The monoisotopic (exact) mass is 311 g/mol. The standard InChI is InChI=1S/C15H18ClNO4/c1-15(2,3)21-14(20)17-7-9-6-10(16)4-5-11(9)12(8-17)13(18)19/h4-6,12H,7-8H2,1-3H3,(H,18,19). The van der Waals surface area contributed by atoms with Gasteiger partial charge < -0.3 is 14.7 Å². The van der Waals surface area contributed by atoms with E-state index in [1.165, 1.54) is 4.90 Å². The fourth-order valence-corrected chi connectivity index (χ4v) is 2.51. The SMILES string of the molecule is CC(C)(C)OC(=O)N1Cc2cc(Cl)ccc2C(C(=O)O)C1. The largest absolute Gasteiger partial charge is 0.481 e. The Labute approximate surface area is 128 Å². The van der Waals surface area contributed by atoms with E-state index in [2.05, 4.69) is 0 Å². The molecule has 0 bridgehead atoms. The summed E-state index contributed by atoms with van der Waals surface area (Å²) in [4.78, 5) is 25.0. The average Bonchev–Trinajstić information content (AvgIpc) is 2.34. The molecular weight excluding hydrogens is 294 g/mol. The van der Waals surface area contributed by atoms with Crippen molar-refractivity contribution in [2.75, 3.05) is 6.54 Å². The molecule has 1 aliphatic heterocycles. The highest BCUT2D eigenvalue weighted by molar-refractivity contribution is 6.30. The lowest BCUT2D eigenvalue weighted by atomic mass is 9.90. The average molecular weight is 312 g/mol. The normalized spacial score (nSPS) is 18.1. The molecule has 1 amide bonds. The summed E-state index contributed by atoms with van der Waals surface area (Å²) in [6, 6.07) is 5.08. The third-order valence-corrected chi connectivity index (χ3v) is 3.43. The summed E-state index contributed by atoms with van der Waals surface area (Å²) in [6.45, 7) is 5.71. The Hall–Kier alpha value is -1.75. The Balaban J connectivity index is 2.29. The fraction of sp³-hybridized carbons (Fsp3) is 0.467. The van der Waals surface area contributed by atoms with E-state index in [4.69, 9.17) is 16.3 Å². The van der Waals surface area contributed by atoms with Gasteiger partial charge in [-0.2, -0.15) is 0 Å². The minimum atomic E-state index is -0.966. The van der Waals surface area contributed by atoms with Gasteiger partial charge in [0, 0.05) is 18.1 Å². The van der Waals surface area contributed by atoms with Crippen LogP contribution in [0.5, 0.6) is 0 Å². The van der Waals surface area contributed by atoms with Gasteiger partial charge in [-0.3, -0.25) is 4.79 Å². The van der Waals surface area contributed by atoms with Crippen LogP contribution < -0.4 is 0 Å². The number of rotatable bonds is 1. The predicted octanol–water partition coefficient (Wildman–Crippen LogP) is 3.26. The van der Waals surface area contributed by atoms with Crippen LogP contribution in [-0.2, 0) is 16.1 Å². The van der Waals surface area contributed by atoms with E-state index in [0.29, 0.717) is 17.1 Å². The van der Waals surface area contributed by atoms with Crippen LogP contribution >= 0.6 is 11.6 Å². The van der Waals surface area contributed by atoms with Crippen molar-refractivity contribution in [3.63, 3.8) is 0 Å². The number of carbonyl (C=O) groups excluding carboxylic acids is 1. The first-order chi connectivity index (χ1) is 9.67. The summed E-state index contributed by atoms with van der Waals surface area (Å²) in [5, 5.41) is 9.89. The molecule has 1 aliphatic rings. The highest BCUT2D eigenvalue weighted by atomic mass is 35.5. The van der Waals surface area contributed by atoms with Gasteiger partial charge in [0.05, 0.1) is 5.92 Å². The minimum absolute atomic E-state index is 0.0961. The van der Waals surface area contributed by atoms with Gasteiger partial charge in [-0.05, 0) is 44.0 Å². The fourth-order valence-electron chi connectivity index (χ4n) is 2.32. The number of hydrogen-bond donors (Lipinski definition) is 1. The highest BCUT2D eigenvalue weighted by Crippen LogP contribution is 2.31. The molecule has 1 N–H and O–H groups in total. The number of carboxylic acid groups (broad SMARTS) is 1. The van der Waals surface area contributed by atoms with E-state index in [0.717, 1.165) is 5.56 Å². The summed E-state index contributed by atoms with van der Waals surface area (Å²) in [5.74, 6) is -1.73. The molecule has 1 heterocycles. The van der Waals surface area contributed by atoms with Crippen LogP contribution in [0.4, 0.5) is 4.79 Å². The first-order valence-corrected chi connectivity index (χ1v) is 7.04. The molecule has 114 valence electrons. The van der Waals surface area contributed by atoms with Gasteiger partial charge in [0.25, 0.3) is 0 Å². The molecule has 1 aromatic carbocycles. The first-order valence-electron chi connectivity index (χ1n) is 6.66. The molecule has 1 unspecified atom stereocenters. The van der Waals surface area contributed by atoms with Crippen LogP contribution in [0.2, 0.25) is 5.02 Å². The minimum Gasteiger partial charge on any atom is -0.481 e. The van der Waals surface area contributed by atoms with E-state index in [9.17, 15) is 14.7 Å². The Morgan fingerprint density at radius 2 is 2.05 bits per heavy atom. The second kappa shape index (κ2) is 5.56. The van der Waals surface area contributed by atoms with Crippen LogP contribution in [0, 0.1) is 0 Å². The van der Waals surface area contributed by atoms with Gasteiger partial charge in [-0.1, -0.05) is 17.7 Å². The van der Waals surface area contributed by atoms with Crippen molar-refractivity contribution in [2.24, 2.45) is 0 Å². The van der Waals surface area contributed by atoms with Crippen LogP contribution in [0.15, 0.2) is 18.2 Å². The molecule has 5 nitrogen and oxygen atoms in total. The molecule has 0 saturated heterocycles. The maximum atomic E-state index is 12.2. The molecule has 0 aliphatic carbocycles. The lowest BCUT2D eigenvalue weighted by Crippen LogP contribution is -2.43. The van der Waals surface area contributed by atoms with Crippen molar-refractivity contribution in [2.45, 2.75) is 38.8 Å². The van der Waals surface area contributed by atoms with Crippen molar-refractivity contribution in [1.82, 2.24) is 4.90 Å². The topological polar surface area (TPSA) is 66.8 Å². The van der Waals surface area contributed by atoms with E-state index < -0.39 is 23.6 Å². The zero-order valence-corrected chi connectivity index (χ0v) is 13.0. The Morgan fingerprint density at radius 1 is 1.38 bits per heavy atom. The molecule has 2 rings (SSSR count). The molecule has 1 atom stereocenters. The Kier molecular flexibility index (Phi) is 4.14. The second-order valence-corrected chi connectivity index (χ2v) is 6.53. The van der Waals surface area contributed by atoms with Crippen LogP contribution in [0.3, 0.4) is 0 Å². The van der Waals surface area contributed by atoms with Crippen molar-refractivity contribution in [3.05, 3.63) is 34.3 Å². The number of carboxylic acids is 1. The van der Waals surface area contributed by atoms with E-state index in [1.54, 1.807) is 39.0 Å². The quantitative estimate of drug-likeness (QED) is 0.864. The molecule has 21 heavy (non-hydrogen) atoms. The summed E-state index contributed by atoms with van der Waals surface area (Å²) < 4.78 is 5.31. The lowest BCUT2D eigenvalue weighted by Gasteiger charge is -2.34. The summed E-state index contributed by atoms with van der Waals surface area (Å²) in [5.41, 5.74) is 0.823. The summed E-state index contributed by atoms with van der Waals surface area (Å²) in [6.07, 6.45) is -0.514. The lowest BCUT2D eigenvalue weighted by molar-refractivity contribution is -0.139. The zero-order chi connectivity index (χ0) is 15.8. The second-order valence-electron chi connectivity index (χ2n) is 6.09. The van der Waals surface area contributed by atoms with Crippen molar-refractivity contribution >= 4 is 23.7 Å². The molecule has 0 radical (unpaired) electrons. The first kappa shape index (κ1) is 15.6. The van der Waals surface area contributed by atoms with Crippen LogP contribution in [0.1, 0.15) is 37.8 Å². The maximum absolute atomic E-state index is 12.2. The third kappa shape index (κ3) is 3.67. The smallest absolute Gasteiger partial charge is 0.410 e. The number of amides is 1. The van der Waals surface area contributed by atoms with Gasteiger partial charge in [-0.25, -0.2) is 4.79 Å². The van der Waals surface area contributed by atoms with E-state index in [-0.39, 0.29) is 6.54 Å². The third-order valence-electron chi connectivity index (χ3n) is 3.19. The summed E-state index contributed by atoms with van der Waals surface area (Å²) in [7, 11) is 0. The Morgan fingerprint density at radius 3 is 2.62 bits per heavy atom. The molecule has 0 saturated carbocycles. The number of hydrogen-bond acceptors (Lipinski definition) is 3. The van der Waals surface area contributed by atoms with Gasteiger partial charge in [-0.15, -0.1) is 0 Å². The van der Waals surface area contributed by atoms with Gasteiger partial charge in [0.2, 0.25) is 0 Å². The maximum Gasteiger partial charge on any atom is 0.410 e. The predicted molar refractivity (Wildman–Crippen MR) is 78.5 cm³/mol. The molecule has 0 spiro atoms. The van der Waals surface area contributed by atoms with Gasteiger partial charge >= 0.3 is 12.1 Å². The number of ether oxygens (including phenoxy) is 1. The Bertz CT molecular complexity index is 580. The molecule has 1 aromatic rings. The van der Waals surface area contributed by atoms with Crippen molar-refractivity contribution in [1.29, 1.82) is 0 Å². The molecule has 6 heteroatoms. The van der Waals surface area contributed by atoms with Crippen LogP contribution in [0.25, 0.3) is 0 Å². The van der Waals surface area contributed by atoms with Crippen molar-refractivity contribution < 1.29 is 19.4 Å². The number of benzene rings is 1. The van der Waals surface area contributed by atoms with Gasteiger partial charge in [0.15, 0.2) is 0 Å². The number of nitrogens with zero attached hydrogens (tertiary/aromatic N) is 1. The number of carbonyl (C=O) groups is 2.